The Hall–Kier alpha value is -0.460. The number of rotatable bonds is 8. The Balaban J connectivity index is 0.00000400. The lowest BCUT2D eigenvalue weighted by molar-refractivity contribution is -0.137. The van der Waals surface area contributed by atoms with E-state index in [1.165, 1.54) is 31.7 Å². The highest BCUT2D eigenvalue weighted by Crippen LogP contribution is 2.22. The summed E-state index contributed by atoms with van der Waals surface area (Å²) in [5.41, 5.74) is 0. The molecule has 0 aliphatic carbocycles. The fourth-order valence-corrected chi connectivity index (χ4v) is 3.05. The third-order valence-corrected chi connectivity index (χ3v) is 4.60. The van der Waals surface area contributed by atoms with Gasteiger partial charge in [0, 0.05) is 18.7 Å². The number of carbonyl (C=O) groups is 2. The molecular weight excluding hydrogens is 312 g/mol. The lowest BCUT2D eigenvalue weighted by Crippen LogP contribution is -2.36. The maximum absolute atomic E-state index is 11.8. The van der Waals surface area contributed by atoms with Crippen molar-refractivity contribution in [1.82, 2.24) is 10.6 Å². The van der Waals surface area contributed by atoms with Gasteiger partial charge in [-0.15, -0.1) is 24.2 Å². The van der Waals surface area contributed by atoms with Crippen LogP contribution in [0.25, 0.3) is 0 Å². The molecule has 1 aliphatic rings. The van der Waals surface area contributed by atoms with Crippen molar-refractivity contribution in [2.75, 3.05) is 38.2 Å². The molecule has 2 unspecified atom stereocenters. The summed E-state index contributed by atoms with van der Waals surface area (Å²) in [5.74, 6) is 2.01. The Morgan fingerprint density at radius 2 is 2.24 bits per heavy atom. The number of halogens is 1. The SMILES string of the molecule is COC(=O)CSCCNC(=O)CC(C)C1CCCNC1.Cl. The van der Waals surface area contributed by atoms with Crippen LogP contribution in [0.4, 0.5) is 0 Å². The van der Waals surface area contributed by atoms with Crippen LogP contribution in [0.1, 0.15) is 26.2 Å². The largest absolute Gasteiger partial charge is 0.468 e. The second-order valence-electron chi connectivity index (χ2n) is 5.27. The molecule has 0 aromatic heterocycles. The van der Waals surface area contributed by atoms with Crippen LogP contribution in [0.5, 0.6) is 0 Å². The molecule has 0 aromatic rings. The predicted octanol–water partition coefficient (Wildman–Crippen LogP) is 1.46. The van der Waals surface area contributed by atoms with Crippen molar-refractivity contribution in [3.8, 4) is 0 Å². The van der Waals surface area contributed by atoms with Crippen LogP contribution in [0, 0.1) is 11.8 Å². The van der Waals surface area contributed by atoms with E-state index in [9.17, 15) is 9.59 Å². The van der Waals surface area contributed by atoms with Gasteiger partial charge >= 0.3 is 5.97 Å². The summed E-state index contributed by atoms with van der Waals surface area (Å²) in [6.07, 6.45) is 3.02. The molecule has 0 bridgehead atoms. The van der Waals surface area contributed by atoms with Crippen LogP contribution in [0.2, 0.25) is 0 Å². The summed E-state index contributed by atoms with van der Waals surface area (Å²) in [4.78, 5) is 22.7. The highest BCUT2D eigenvalue weighted by Gasteiger charge is 2.21. The molecule has 21 heavy (non-hydrogen) atoms. The molecule has 1 heterocycles. The average Bonchev–Trinajstić information content (AvgIpc) is 2.47. The monoisotopic (exact) mass is 338 g/mol. The van der Waals surface area contributed by atoms with Gasteiger partial charge in [-0.1, -0.05) is 6.92 Å². The minimum absolute atomic E-state index is 0. The molecule has 5 nitrogen and oxygen atoms in total. The summed E-state index contributed by atoms with van der Waals surface area (Å²) in [6, 6.07) is 0. The number of amides is 1. The van der Waals surface area contributed by atoms with Crippen LogP contribution >= 0.6 is 24.2 Å². The molecule has 1 fully saturated rings. The van der Waals surface area contributed by atoms with Gasteiger partial charge in [0.05, 0.1) is 12.9 Å². The van der Waals surface area contributed by atoms with Crippen molar-refractivity contribution in [2.45, 2.75) is 26.2 Å². The second kappa shape index (κ2) is 12.1. The van der Waals surface area contributed by atoms with Crippen molar-refractivity contribution in [3.63, 3.8) is 0 Å². The number of carbonyl (C=O) groups excluding carboxylic acids is 2. The summed E-state index contributed by atoms with van der Waals surface area (Å²) in [7, 11) is 1.38. The topological polar surface area (TPSA) is 67.4 Å². The van der Waals surface area contributed by atoms with Gasteiger partial charge in [0.2, 0.25) is 5.91 Å². The number of methoxy groups -OCH3 is 1. The molecule has 2 atom stereocenters. The lowest BCUT2D eigenvalue weighted by Gasteiger charge is -2.28. The van der Waals surface area contributed by atoms with Gasteiger partial charge in [-0.3, -0.25) is 9.59 Å². The molecule has 7 heteroatoms. The Morgan fingerprint density at radius 3 is 2.86 bits per heavy atom. The summed E-state index contributed by atoms with van der Waals surface area (Å²) >= 11 is 1.48. The van der Waals surface area contributed by atoms with E-state index in [0.29, 0.717) is 30.6 Å². The van der Waals surface area contributed by atoms with E-state index < -0.39 is 0 Å². The number of hydrogen-bond acceptors (Lipinski definition) is 5. The minimum atomic E-state index is -0.222. The van der Waals surface area contributed by atoms with E-state index in [0.717, 1.165) is 18.8 Å². The van der Waals surface area contributed by atoms with E-state index in [1.807, 2.05) is 0 Å². The van der Waals surface area contributed by atoms with E-state index in [4.69, 9.17) is 0 Å². The zero-order valence-electron chi connectivity index (χ0n) is 12.9. The molecule has 0 spiro atoms. The fourth-order valence-electron chi connectivity index (χ4n) is 2.37. The average molecular weight is 339 g/mol. The number of hydrogen-bond donors (Lipinski definition) is 2. The molecule has 2 N–H and O–H groups in total. The molecule has 0 saturated carbocycles. The summed E-state index contributed by atoms with van der Waals surface area (Å²) in [6.45, 7) is 4.90. The second-order valence-corrected chi connectivity index (χ2v) is 6.37. The van der Waals surface area contributed by atoms with Crippen molar-refractivity contribution in [3.05, 3.63) is 0 Å². The van der Waals surface area contributed by atoms with Crippen molar-refractivity contribution in [2.24, 2.45) is 11.8 Å². The Morgan fingerprint density at radius 1 is 1.48 bits per heavy atom. The van der Waals surface area contributed by atoms with Crippen molar-refractivity contribution >= 4 is 36.0 Å². The van der Waals surface area contributed by atoms with Crippen LogP contribution in [0.3, 0.4) is 0 Å². The van der Waals surface area contributed by atoms with Gasteiger partial charge in [0.15, 0.2) is 0 Å². The zero-order valence-corrected chi connectivity index (χ0v) is 14.5. The fraction of sp³-hybridized carbons (Fsp3) is 0.857. The standard InChI is InChI=1S/C14H26N2O3S.ClH/c1-11(12-4-3-5-15-9-12)8-13(17)16-6-7-20-10-14(18)19-2;/h11-12,15H,3-10H2,1-2H3,(H,16,17);1H. The molecule has 1 rings (SSSR count). The number of nitrogens with one attached hydrogen (secondary N) is 2. The van der Waals surface area contributed by atoms with Gasteiger partial charge in [0.25, 0.3) is 0 Å². The smallest absolute Gasteiger partial charge is 0.315 e. The van der Waals surface area contributed by atoms with Gasteiger partial charge in [0.1, 0.15) is 0 Å². The molecule has 0 radical (unpaired) electrons. The first-order valence-corrected chi connectivity index (χ1v) is 8.41. The van der Waals surface area contributed by atoms with Gasteiger partial charge in [-0.2, -0.15) is 0 Å². The summed E-state index contributed by atoms with van der Waals surface area (Å²) in [5, 5.41) is 6.30. The number of piperidine rings is 1. The summed E-state index contributed by atoms with van der Waals surface area (Å²) < 4.78 is 4.54. The van der Waals surface area contributed by atoms with Crippen molar-refractivity contribution in [1.29, 1.82) is 0 Å². The first-order valence-electron chi connectivity index (χ1n) is 7.25. The minimum Gasteiger partial charge on any atom is -0.468 e. The van der Waals surface area contributed by atoms with Crippen LogP contribution in [0.15, 0.2) is 0 Å². The highest BCUT2D eigenvalue weighted by atomic mass is 35.5. The van der Waals surface area contributed by atoms with Crippen LogP contribution in [-0.2, 0) is 14.3 Å². The third-order valence-electron chi connectivity index (χ3n) is 3.66. The number of ether oxygens (including phenoxy) is 1. The van der Waals surface area contributed by atoms with E-state index in [-0.39, 0.29) is 24.3 Å². The van der Waals surface area contributed by atoms with Crippen molar-refractivity contribution < 1.29 is 14.3 Å². The first-order chi connectivity index (χ1) is 9.63. The van der Waals surface area contributed by atoms with E-state index in [1.54, 1.807) is 0 Å². The van der Waals surface area contributed by atoms with Gasteiger partial charge < -0.3 is 15.4 Å². The van der Waals surface area contributed by atoms with E-state index >= 15 is 0 Å². The molecule has 124 valence electrons. The molecule has 1 aliphatic heterocycles. The first kappa shape index (κ1) is 20.5. The normalized spacial score (nSPS) is 19.2. The zero-order chi connectivity index (χ0) is 14.8. The third kappa shape index (κ3) is 9.22. The van der Waals surface area contributed by atoms with Crippen LogP contribution < -0.4 is 10.6 Å². The quantitative estimate of drug-likeness (QED) is 0.518. The number of esters is 1. The Kier molecular flexibility index (Phi) is 11.9. The van der Waals surface area contributed by atoms with E-state index in [2.05, 4.69) is 22.3 Å². The highest BCUT2D eigenvalue weighted by molar-refractivity contribution is 7.99. The lowest BCUT2D eigenvalue weighted by atomic mass is 9.85. The Labute approximate surface area is 137 Å². The molecule has 1 saturated heterocycles. The van der Waals surface area contributed by atoms with Gasteiger partial charge in [-0.25, -0.2) is 0 Å². The molecule has 0 aromatic carbocycles. The van der Waals surface area contributed by atoms with Crippen LogP contribution in [-0.4, -0.2) is 50.1 Å². The maximum atomic E-state index is 11.8. The van der Waals surface area contributed by atoms with Gasteiger partial charge in [-0.05, 0) is 37.8 Å². The number of thioether (sulfide) groups is 1. The Bertz CT molecular complexity index is 313. The molecular formula is C14H27ClN2O3S. The molecule has 1 amide bonds. The predicted molar refractivity (Wildman–Crippen MR) is 89.0 cm³/mol. The maximum Gasteiger partial charge on any atom is 0.315 e.